The van der Waals surface area contributed by atoms with E-state index in [2.05, 4.69) is 18.5 Å². The van der Waals surface area contributed by atoms with Gasteiger partial charge in [0.25, 0.3) is 0 Å². The van der Waals surface area contributed by atoms with E-state index in [1.165, 1.54) is 0 Å². The van der Waals surface area contributed by atoms with Crippen LogP contribution in [0.5, 0.6) is 0 Å². The maximum atomic E-state index is 11.2. The molecule has 2 aliphatic heterocycles. The summed E-state index contributed by atoms with van der Waals surface area (Å²) in [6.45, 7) is -1.77. The van der Waals surface area contributed by atoms with Crippen LogP contribution in [0.4, 0.5) is 0 Å². The molecule has 4 N–H and O–H groups in total. The van der Waals surface area contributed by atoms with Gasteiger partial charge in [0.15, 0.2) is 0 Å². The third-order valence-corrected chi connectivity index (χ3v) is 4.09. The number of carbonyl (C=O) groups excluding carboxylic acids is 2. The standard InChI is InChI=1S/2C6H9O9P.3Mg/c2*7-1-2(8)4-3(9)5(6(10)14-4)15-16(11,12)13;;;/h2*2,4,7-9H,1H2,(H2,11,12,13);;;/q;;3*+2/p-6/t2*2-,4+;;;/m00.../s1. The Morgan fingerprint density at radius 1 is 0.743 bits per heavy atom. The molecule has 0 aromatic carbocycles. The van der Waals surface area contributed by atoms with Gasteiger partial charge in [-0.3, -0.25) is 0 Å². The number of carbonyl (C=O) groups is 2. The molecule has 0 aromatic rings. The largest absolute Gasteiger partial charge is 2.00 e. The molecule has 18 nitrogen and oxygen atoms in total. The van der Waals surface area contributed by atoms with Crippen LogP contribution in [0.2, 0.25) is 0 Å². The molecule has 0 fully saturated rings. The maximum Gasteiger partial charge on any atom is 2.00 e. The van der Waals surface area contributed by atoms with Gasteiger partial charge in [-0.15, -0.1) is 0 Å². The fourth-order valence-corrected chi connectivity index (χ4v) is 2.77. The van der Waals surface area contributed by atoms with Crippen LogP contribution >= 0.6 is 15.6 Å². The summed E-state index contributed by atoms with van der Waals surface area (Å²) in [6, 6.07) is 0. The first-order valence-electron chi connectivity index (χ1n) is 7.77. The zero-order chi connectivity index (χ0) is 25.0. The monoisotopic (exact) mass is 578 g/mol. The Morgan fingerprint density at radius 3 is 1.20 bits per heavy atom. The second-order valence-corrected chi connectivity index (χ2v) is 7.77. The molecule has 0 spiro atoms. The second-order valence-electron chi connectivity index (χ2n) is 5.62. The van der Waals surface area contributed by atoms with E-state index in [4.69, 9.17) is 20.4 Å². The van der Waals surface area contributed by atoms with Crippen molar-refractivity contribution in [1.29, 1.82) is 0 Å². The number of hydrogen-bond acceptors (Lipinski definition) is 18. The van der Waals surface area contributed by atoms with Gasteiger partial charge in [0.2, 0.25) is 11.5 Å². The van der Waals surface area contributed by atoms with Crippen molar-refractivity contribution in [3.63, 3.8) is 0 Å². The van der Waals surface area contributed by atoms with Crippen LogP contribution in [-0.2, 0) is 37.2 Å². The zero-order valence-corrected chi connectivity index (χ0v) is 23.3. The molecule has 0 aliphatic carbocycles. The number of hydrogen-bond donors (Lipinski definition) is 4. The Kier molecular flexibility index (Phi) is 18.2. The molecule has 0 bridgehead atoms. The number of rotatable bonds is 8. The van der Waals surface area contributed by atoms with Crippen molar-refractivity contribution in [2.24, 2.45) is 0 Å². The van der Waals surface area contributed by atoms with Gasteiger partial charge in [0, 0.05) is 0 Å². The number of ether oxygens (including phenoxy) is 2. The van der Waals surface area contributed by atoms with Crippen molar-refractivity contribution in [2.75, 3.05) is 13.2 Å². The van der Waals surface area contributed by atoms with E-state index in [0.29, 0.717) is 0 Å². The van der Waals surface area contributed by atoms with Gasteiger partial charge < -0.3 is 77.9 Å². The first kappa shape index (κ1) is 39.6. The molecule has 0 unspecified atom stereocenters. The summed E-state index contributed by atoms with van der Waals surface area (Å²) >= 11 is 0. The summed E-state index contributed by atoms with van der Waals surface area (Å²) in [7, 11) is -11.1. The van der Waals surface area contributed by atoms with Gasteiger partial charge in [-0.2, -0.15) is 0 Å². The molecule has 0 radical (unpaired) electrons. The summed E-state index contributed by atoms with van der Waals surface area (Å²) < 4.78 is 36.0. The minimum atomic E-state index is -5.56. The van der Waals surface area contributed by atoms with Crippen LogP contribution in [0.25, 0.3) is 0 Å². The molecule has 0 aromatic heterocycles. The van der Waals surface area contributed by atoms with Crippen LogP contribution in [0, 0.1) is 0 Å². The molecule has 0 saturated carbocycles. The van der Waals surface area contributed by atoms with Gasteiger partial charge in [0.05, 0.1) is 13.2 Å². The predicted octanol–water partition coefficient (Wildman–Crippen LogP) is -9.78. The predicted molar refractivity (Wildman–Crippen MR) is 94.6 cm³/mol. The first-order chi connectivity index (χ1) is 14.5. The van der Waals surface area contributed by atoms with Crippen molar-refractivity contribution in [3.05, 3.63) is 23.0 Å². The Bertz CT molecular complexity index is 823. The van der Waals surface area contributed by atoms with E-state index in [-0.39, 0.29) is 69.2 Å². The zero-order valence-electron chi connectivity index (χ0n) is 17.2. The quantitative estimate of drug-likeness (QED) is 0.118. The van der Waals surface area contributed by atoms with Gasteiger partial charge in [0.1, 0.15) is 40.1 Å². The summed E-state index contributed by atoms with van der Waals surface area (Å²) in [4.78, 5) is 62.5. The number of esters is 2. The van der Waals surface area contributed by atoms with Crippen molar-refractivity contribution in [2.45, 2.75) is 24.4 Å². The summed E-state index contributed by atoms with van der Waals surface area (Å²) in [5.41, 5.74) is 0. The maximum absolute atomic E-state index is 11.2. The van der Waals surface area contributed by atoms with Gasteiger partial charge >= 0.3 is 81.1 Å². The third kappa shape index (κ3) is 12.0. The van der Waals surface area contributed by atoms with E-state index < -0.39 is 88.3 Å². The van der Waals surface area contributed by atoms with Crippen molar-refractivity contribution in [3.8, 4) is 0 Å². The Hall–Kier alpha value is 0.0587. The molecule has 0 saturated heterocycles. The molecule has 0 amide bonds. The first-order valence-corrected chi connectivity index (χ1v) is 10.7. The molecule has 23 heteroatoms. The molecule has 2 aliphatic rings. The average Bonchev–Trinajstić information content (AvgIpc) is 3.10. The third-order valence-electron chi connectivity index (χ3n) is 3.28. The molecular formula is C12H12Mg3O18P2. The van der Waals surface area contributed by atoms with Crippen LogP contribution in [0.1, 0.15) is 0 Å². The minimum Gasteiger partial charge on any atom is -0.870 e. The SMILES string of the molecule is O=C1O[C@H]([C@@H](O)CO)C([O-])=C1OP(=O)([O-])[O-].O=C1O[C@H]([C@@H](O)CO)C([O-])=C1OP(=O)([O-])[O-].[Mg+2].[Mg+2].[Mg+2]. The van der Waals surface area contributed by atoms with Crippen molar-refractivity contribution >= 4 is 96.7 Å². The van der Waals surface area contributed by atoms with Crippen LogP contribution < -0.4 is 29.8 Å². The normalized spacial score (nSPS) is 21.3. The number of aliphatic hydroxyl groups is 4. The van der Waals surface area contributed by atoms with E-state index in [1.54, 1.807) is 0 Å². The molecular weight excluding hydrogens is 567 g/mol. The Balaban J connectivity index is -0.000000539. The molecule has 184 valence electrons. The van der Waals surface area contributed by atoms with E-state index in [9.17, 15) is 48.5 Å². The van der Waals surface area contributed by atoms with Crippen LogP contribution in [0.3, 0.4) is 0 Å². The van der Waals surface area contributed by atoms with Crippen LogP contribution in [0.15, 0.2) is 23.0 Å². The average molecular weight is 579 g/mol. The Morgan fingerprint density at radius 2 is 1.00 bits per heavy atom. The van der Waals surface area contributed by atoms with Gasteiger partial charge in [-0.05, 0) is 11.5 Å². The van der Waals surface area contributed by atoms with Crippen molar-refractivity contribution < 1.29 is 87.5 Å². The van der Waals surface area contributed by atoms with Gasteiger partial charge in [-0.1, -0.05) is 0 Å². The molecule has 35 heavy (non-hydrogen) atoms. The molecule has 4 atom stereocenters. The smallest absolute Gasteiger partial charge is 0.870 e. The summed E-state index contributed by atoms with van der Waals surface area (Å²) in [6.07, 6.45) is -6.96. The van der Waals surface area contributed by atoms with E-state index in [0.717, 1.165) is 0 Å². The molecule has 2 heterocycles. The molecule has 2 rings (SSSR count). The topological polar surface area (TPSA) is 324 Å². The summed E-state index contributed by atoms with van der Waals surface area (Å²) in [5.74, 6) is -8.20. The van der Waals surface area contributed by atoms with Gasteiger partial charge in [-0.25, -0.2) is 9.59 Å². The fourth-order valence-electron chi connectivity index (χ4n) is 1.99. The summed E-state index contributed by atoms with van der Waals surface area (Å²) in [5, 5.41) is 57.5. The number of phosphoric acid groups is 2. The number of aliphatic hydroxyl groups excluding tert-OH is 4. The minimum absolute atomic E-state index is 0. The Labute approximate surface area is 243 Å². The number of cyclic esters (lactones) is 2. The van der Waals surface area contributed by atoms with Crippen LogP contribution in [-0.4, -0.2) is 139 Å². The number of phosphoric ester groups is 2. The fraction of sp³-hybridized carbons (Fsp3) is 0.500. The van der Waals surface area contributed by atoms with Crippen molar-refractivity contribution in [1.82, 2.24) is 0 Å². The second kappa shape index (κ2) is 16.1. The van der Waals surface area contributed by atoms with E-state index in [1.807, 2.05) is 0 Å². The van der Waals surface area contributed by atoms with E-state index >= 15 is 0 Å².